The van der Waals surface area contributed by atoms with Crippen molar-refractivity contribution in [3.05, 3.63) is 90.0 Å². The Morgan fingerprint density at radius 3 is 2.14 bits per heavy atom. The second-order valence-electron chi connectivity index (χ2n) is 6.68. The van der Waals surface area contributed by atoms with Crippen LogP contribution in [0.4, 0.5) is 0 Å². The number of primary amides is 1. The van der Waals surface area contributed by atoms with Crippen LogP contribution in [0.1, 0.15) is 15.9 Å². The first-order valence-corrected chi connectivity index (χ1v) is 10.5. The summed E-state index contributed by atoms with van der Waals surface area (Å²) in [6.45, 7) is 0.179. The molecule has 1 heterocycles. The zero-order chi connectivity index (χ0) is 20.4. The number of amides is 1. The number of hydrogen-bond acceptors (Lipinski definition) is 3. The molecule has 6 nitrogen and oxygen atoms in total. The van der Waals surface area contributed by atoms with Crippen LogP contribution in [-0.2, 0) is 16.6 Å². The Morgan fingerprint density at radius 1 is 0.897 bits per heavy atom. The highest BCUT2D eigenvalue weighted by atomic mass is 32.2. The summed E-state index contributed by atoms with van der Waals surface area (Å²) < 4.78 is 27.8. The van der Waals surface area contributed by atoms with Gasteiger partial charge in [-0.3, -0.25) is 4.79 Å². The van der Waals surface area contributed by atoms with Gasteiger partial charge in [-0.25, -0.2) is 13.1 Å². The summed E-state index contributed by atoms with van der Waals surface area (Å²) in [7, 11) is -3.64. The monoisotopic (exact) mass is 405 g/mol. The first-order valence-electron chi connectivity index (χ1n) is 8.99. The van der Waals surface area contributed by atoms with Gasteiger partial charge in [0.2, 0.25) is 5.91 Å². The Labute approximate surface area is 168 Å². The predicted octanol–water partition coefficient (Wildman–Crippen LogP) is 3.41. The number of fused-ring (bicyclic) bond motifs is 1. The van der Waals surface area contributed by atoms with Crippen LogP contribution in [0.2, 0.25) is 0 Å². The average molecular weight is 405 g/mol. The van der Waals surface area contributed by atoms with Crippen LogP contribution in [0.25, 0.3) is 22.0 Å². The van der Waals surface area contributed by atoms with Crippen molar-refractivity contribution in [3.63, 3.8) is 0 Å². The van der Waals surface area contributed by atoms with Crippen LogP contribution in [0, 0.1) is 0 Å². The predicted molar refractivity (Wildman–Crippen MR) is 113 cm³/mol. The van der Waals surface area contributed by atoms with E-state index in [1.165, 1.54) is 0 Å². The number of benzene rings is 3. The number of carbonyl (C=O) groups excluding carboxylic acids is 1. The van der Waals surface area contributed by atoms with E-state index in [0.717, 1.165) is 27.6 Å². The lowest BCUT2D eigenvalue weighted by Gasteiger charge is -2.07. The molecule has 1 aromatic heterocycles. The Hall–Kier alpha value is -3.42. The summed E-state index contributed by atoms with van der Waals surface area (Å²) in [5, 5.41) is 0.990. The zero-order valence-corrected chi connectivity index (χ0v) is 16.2. The molecule has 4 aromatic rings. The second-order valence-corrected chi connectivity index (χ2v) is 8.42. The maximum absolute atomic E-state index is 12.6. The minimum Gasteiger partial charge on any atom is -0.366 e. The number of H-pyrrole nitrogens is 1. The normalized spacial score (nSPS) is 11.6. The molecule has 4 rings (SSSR count). The summed E-state index contributed by atoms with van der Waals surface area (Å²) in [4.78, 5) is 14.1. The smallest absolute Gasteiger partial charge is 0.256 e. The molecular weight excluding hydrogens is 386 g/mol. The van der Waals surface area contributed by atoms with Gasteiger partial charge in [0, 0.05) is 23.0 Å². The van der Waals surface area contributed by atoms with Gasteiger partial charge in [-0.15, -0.1) is 0 Å². The van der Waals surface area contributed by atoms with E-state index in [0.29, 0.717) is 5.56 Å². The van der Waals surface area contributed by atoms with E-state index in [4.69, 9.17) is 5.73 Å². The number of nitrogens with one attached hydrogen (secondary N) is 2. The number of sulfonamides is 1. The van der Waals surface area contributed by atoms with E-state index in [-0.39, 0.29) is 11.6 Å². The van der Waals surface area contributed by atoms with Crippen molar-refractivity contribution in [1.29, 1.82) is 0 Å². The quantitative estimate of drug-likeness (QED) is 0.458. The Bertz CT molecular complexity index is 1240. The maximum Gasteiger partial charge on any atom is 0.256 e. The fourth-order valence-corrected chi connectivity index (χ4v) is 4.13. The lowest BCUT2D eigenvalue weighted by Crippen LogP contribution is -2.23. The molecule has 0 atom stereocenters. The van der Waals surface area contributed by atoms with Crippen molar-refractivity contribution in [2.24, 2.45) is 5.73 Å². The van der Waals surface area contributed by atoms with E-state index in [1.807, 2.05) is 60.7 Å². The molecular formula is C22H19N3O3S. The van der Waals surface area contributed by atoms with Gasteiger partial charge in [0.05, 0.1) is 0 Å². The third-order valence-electron chi connectivity index (χ3n) is 4.72. The molecule has 0 aliphatic rings. The standard InChI is InChI=1S/C22H19N3O3S/c23-22(26)18-11-9-17(10-12-18)16-7-5-15(6-8-16)14-24-29(27,28)21-13-19-3-1-2-4-20(19)25-21/h1-13,24-25H,14H2,(H2,23,26). The summed E-state index contributed by atoms with van der Waals surface area (Å²) in [5.41, 5.74) is 9.23. The Balaban J connectivity index is 1.46. The summed E-state index contributed by atoms with van der Waals surface area (Å²) >= 11 is 0. The van der Waals surface area contributed by atoms with Crippen molar-refractivity contribution in [1.82, 2.24) is 9.71 Å². The number of hydrogen-bond donors (Lipinski definition) is 3. The van der Waals surface area contributed by atoms with Gasteiger partial charge < -0.3 is 10.7 Å². The van der Waals surface area contributed by atoms with Gasteiger partial charge in [-0.05, 0) is 41.0 Å². The van der Waals surface area contributed by atoms with Crippen LogP contribution in [-0.4, -0.2) is 19.3 Å². The molecule has 0 spiro atoms. The topological polar surface area (TPSA) is 105 Å². The molecule has 0 saturated carbocycles. The number of para-hydroxylation sites is 1. The molecule has 146 valence electrons. The molecule has 4 N–H and O–H groups in total. The van der Waals surface area contributed by atoms with E-state index in [2.05, 4.69) is 9.71 Å². The average Bonchev–Trinajstić information content (AvgIpc) is 3.18. The fraction of sp³-hybridized carbons (Fsp3) is 0.0455. The highest BCUT2D eigenvalue weighted by Gasteiger charge is 2.16. The van der Waals surface area contributed by atoms with Crippen molar-refractivity contribution in [2.45, 2.75) is 11.6 Å². The van der Waals surface area contributed by atoms with E-state index >= 15 is 0 Å². The Kier molecular flexibility index (Phi) is 4.92. The lowest BCUT2D eigenvalue weighted by molar-refractivity contribution is 0.100. The first kappa shape index (κ1) is 18.9. The van der Waals surface area contributed by atoms with Gasteiger partial charge in [0.25, 0.3) is 10.0 Å². The van der Waals surface area contributed by atoms with Crippen molar-refractivity contribution >= 4 is 26.8 Å². The number of nitrogens with two attached hydrogens (primary N) is 1. The lowest BCUT2D eigenvalue weighted by atomic mass is 10.0. The van der Waals surface area contributed by atoms with Gasteiger partial charge in [-0.2, -0.15) is 0 Å². The number of aromatic nitrogens is 1. The molecule has 0 unspecified atom stereocenters. The minimum atomic E-state index is -3.64. The van der Waals surface area contributed by atoms with E-state index in [1.54, 1.807) is 18.2 Å². The van der Waals surface area contributed by atoms with E-state index in [9.17, 15) is 13.2 Å². The van der Waals surface area contributed by atoms with Crippen molar-refractivity contribution in [3.8, 4) is 11.1 Å². The molecule has 29 heavy (non-hydrogen) atoms. The van der Waals surface area contributed by atoms with Gasteiger partial charge in [-0.1, -0.05) is 54.6 Å². The molecule has 1 amide bonds. The molecule has 0 aliphatic carbocycles. The first-order chi connectivity index (χ1) is 13.9. The van der Waals surface area contributed by atoms with Crippen LogP contribution >= 0.6 is 0 Å². The van der Waals surface area contributed by atoms with Crippen molar-refractivity contribution in [2.75, 3.05) is 0 Å². The molecule has 0 bridgehead atoms. The molecule has 7 heteroatoms. The highest BCUT2D eigenvalue weighted by Crippen LogP contribution is 2.21. The molecule has 0 saturated heterocycles. The largest absolute Gasteiger partial charge is 0.366 e. The molecule has 0 radical (unpaired) electrons. The summed E-state index contributed by atoms with van der Waals surface area (Å²) in [6.07, 6.45) is 0. The SMILES string of the molecule is NC(=O)c1ccc(-c2ccc(CNS(=O)(=O)c3cc4ccccc4[nH]3)cc2)cc1. The number of carbonyl (C=O) groups is 1. The minimum absolute atomic E-state index is 0.143. The zero-order valence-electron chi connectivity index (χ0n) is 15.4. The highest BCUT2D eigenvalue weighted by molar-refractivity contribution is 7.89. The molecule has 3 aromatic carbocycles. The van der Waals surface area contributed by atoms with E-state index < -0.39 is 15.9 Å². The van der Waals surface area contributed by atoms with Crippen molar-refractivity contribution < 1.29 is 13.2 Å². The number of rotatable bonds is 6. The third-order valence-corrected chi connectivity index (χ3v) is 6.04. The number of aromatic amines is 1. The van der Waals surface area contributed by atoms with Gasteiger partial charge in [0.1, 0.15) is 5.03 Å². The fourth-order valence-electron chi connectivity index (χ4n) is 3.09. The summed E-state index contributed by atoms with van der Waals surface area (Å²) in [6, 6.07) is 23.6. The van der Waals surface area contributed by atoms with Crippen LogP contribution < -0.4 is 10.5 Å². The maximum atomic E-state index is 12.6. The van der Waals surface area contributed by atoms with Gasteiger partial charge in [0.15, 0.2) is 0 Å². The third kappa shape index (κ3) is 4.06. The molecule has 0 fully saturated rings. The van der Waals surface area contributed by atoms with Crippen LogP contribution in [0.15, 0.2) is 83.9 Å². The Morgan fingerprint density at radius 2 is 1.52 bits per heavy atom. The van der Waals surface area contributed by atoms with Crippen LogP contribution in [0.5, 0.6) is 0 Å². The van der Waals surface area contributed by atoms with Gasteiger partial charge >= 0.3 is 0 Å². The second kappa shape index (κ2) is 7.54. The summed E-state index contributed by atoms with van der Waals surface area (Å²) in [5.74, 6) is -0.464. The molecule has 0 aliphatic heterocycles. The van der Waals surface area contributed by atoms with Crippen LogP contribution in [0.3, 0.4) is 0 Å².